The van der Waals surface area contributed by atoms with Crippen molar-refractivity contribution in [2.45, 2.75) is 26.4 Å². The van der Waals surface area contributed by atoms with Crippen molar-refractivity contribution in [3.63, 3.8) is 0 Å². The minimum absolute atomic E-state index is 0.0136. The van der Waals surface area contributed by atoms with Gasteiger partial charge in [-0.1, -0.05) is 0 Å². The minimum atomic E-state index is -0.571. The molecular formula is C10H16N4O2S. The van der Waals surface area contributed by atoms with Gasteiger partial charge < -0.3 is 15.8 Å². The molecule has 0 saturated carbocycles. The Labute approximate surface area is 105 Å². The third-order valence-electron chi connectivity index (χ3n) is 2.57. The van der Waals surface area contributed by atoms with Crippen LogP contribution < -0.4 is 16.5 Å². The van der Waals surface area contributed by atoms with Crippen LogP contribution in [0.1, 0.15) is 20.8 Å². The second kappa shape index (κ2) is 4.70. The lowest BCUT2D eigenvalue weighted by Crippen LogP contribution is -2.29. The van der Waals surface area contributed by atoms with E-state index in [2.05, 4.69) is 28.1 Å². The monoisotopic (exact) mass is 256 g/mol. The molecule has 0 aromatic carbocycles. The normalized spacial score (nSPS) is 20.1. The Kier molecular flexibility index (Phi) is 3.72. The van der Waals surface area contributed by atoms with Gasteiger partial charge in [0.25, 0.3) is 5.91 Å². The number of carbonyl (C=O) groups is 1. The standard InChI is InChI=1S/C10H16N4O2S/c1-5-6(7(15)12-4)8(13-14-9(11)17)16-10(5,2)3/h1-4H3,(H,12,15)(H3,11,14,17). The molecule has 0 bridgehead atoms. The van der Waals surface area contributed by atoms with Gasteiger partial charge in [-0.2, -0.15) is 0 Å². The number of likely N-dealkylation sites (N-methyl/N-ethyl adjacent to an activating group) is 1. The summed E-state index contributed by atoms with van der Waals surface area (Å²) in [6.07, 6.45) is 0. The lowest BCUT2D eigenvalue weighted by Gasteiger charge is -2.19. The van der Waals surface area contributed by atoms with Gasteiger partial charge in [-0.05, 0) is 38.6 Å². The summed E-state index contributed by atoms with van der Waals surface area (Å²) in [5.41, 5.74) is 8.32. The summed E-state index contributed by atoms with van der Waals surface area (Å²) in [7, 11) is 1.55. The quantitative estimate of drug-likeness (QED) is 0.478. The Balaban J connectivity index is 3.13. The maximum Gasteiger partial charge on any atom is 0.256 e. The molecule has 0 saturated heterocycles. The predicted molar refractivity (Wildman–Crippen MR) is 69.3 cm³/mol. The lowest BCUT2D eigenvalue weighted by molar-refractivity contribution is -0.116. The number of thiocarbonyl (C=S) groups is 1. The Bertz CT molecular complexity index is 426. The maximum atomic E-state index is 11.7. The van der Waals surface area contributed by atoms with Crippen LogP contribution in [0.2, 0.25) is 0 Å². The Morgan fingerprint density at radius 2 is 2.12 bits per heavy atom. The molecule has 1 aliphatic rings. The van der Waals surface area contributed by atoms with E-state index in [4.69, 9.17) is 10.5 Å². The van der Waals surface area contributed by atoms with Crippen molar-refractivity contribution in [3.8, 4) is 0 Å². The Morgan fingerprint density at radius 3 is 2.59 bits per heavy atom. The van der Waals surface area contributed by atoms with E-state index in [0.29, 0.717) is 5.57 Å². The molecule has 17 heavy (non-hydrogen) atoms. The number of hydrazone groups is 1. The largest absolute Gasteiger partial charge is 0.465 e. The minimum Gasteiger partial charge on any atom is -0.465 e. The van der Waals surface area contributed by atoms with Crippen LogP contribution in [0.3, 0.4) is 0 Å². The van der Waals surface area contributed by atoms with E-state index in [1.165, 1.54) is 0 Å². The summed E-state index contributed by atoms with van der Waals surface area (Å²) < 4.78 is 5.58. The molecular weight excluding hydrogens is 240 g/mol. The topological polar surface area (TPSA) is 88.7 Å². The van der Waals surface area contributed by atoms with E-state index in [-0.39, 0.29) is 16.9 Å². The summed E-state index contributed by atoms with van der Waals surface area (Å²) in [6, 6.07) is 0. The smallest absolute Gasteiger partial charge is 0.256 e. The van der Waals surface area contributed by atoms with Gasteiger partial charge in [-0.25, -0.2) is 0 Å². The van der Waals surface area contributed by atoms with Gasteiger partial charge in [0.05, 0.1) is 0 Å². The molecule has 0 aliphatic carbocycles. The summed E-state index contributed by atoms with van der Waals surface area (Å²) >= 11 is 4.64. The van der Waals surface area contributed by atoms with Crippen molar-refractivity contribution in [2.24, 2.45) is 10.8 Å². The van der Waals surface area contributed by atoms with Gasteiger partial charge in [-0.3, -0.25) is 10.2 Å². The fraction of sp³-hybridized carbons (Fsp3) is 0.500. The zero-order valence-electron chi connectivity index (χ0n) is 10.2. The van der Waals surface area contributed by atoms with E-state index in [1.54, 1.807) is 7.05 Å². The molecule has 94 valence electrons. The van der Waals surface area contributed by atoms with Crippen LogP contribution in [-0.2, 0) is 9.53 Å². The van der Waals surface area contributed by atoms with Crippen LogP contribution in [0.5, 0.6) is 0 Å². The molecule has 4 N–H and O–H groups in total. The molecule has 0 unspecified atom stereocenters. The second-order valence-corrected chi connectivity index (χ2v) is 4.52. The molecule has 0 spiro atoms. The highest BCUT2D eigenvalue weighted by molar-refractivity contribution is 7.80. The number of hydrogen-bond acceptors (Lipinski definition) is 4. The van der Waals surface area contributed by atoms with E-state index < -0.39 is 5.60 Å². The molecule has 0 atom stereocenters. The average Bonchev–Trinajstić information content (AvgIpc) is 2.46. The number of nitrogens with one attached hydrogen (secondary N) is 2. The van der Waals surface area contributed by atoms with Crippen LogP contribution in [-0.4, -0.2) is 29.6 Å². The molecule has 1 heterocycles. The molecule has 7 heteroatoms. The van der Waals surface area contributed by atoms with Crippen LogP contribution >= 0.6 is 12.2 Å². The van der Waals surface area contributed by atoms with Gasteiger partial charge in [0, 0.05) is 7.05 Å². The van der Waals surface area contributed by atoms with Crippen LogP contribution in [0.25, 0.3) is 0 Å². The highest BCUT2D eigenvalue weighted by Crippen LogP contribution is 2.32. The first-order chi connectivity index (χ1) is 7.79. The number of ether oxygens (including phenoxy) is 1. The number of carbonyl (C=O) groups excluding carboxylic acids is 1. The highest BCUT2D eigenvalue weighted by Gasteiger charge is 2.39. The fourth-order valence-electron chi connectivity index (χ4n) is 1.41. The van der Waals surface area contributed by atoms with E-state index in [1.807, 2.05) is 20.8 Å². The first-order valence-corrected chi connectivity index (χ1v) is 5.46. The van der Waals surface area contributed by atoms with Gasteiger partial charge >= 0.3 is 0 Å². The maximum absolute atomic E-state index is 11.7. The Hall–Kier alpha value is -1.63. The summed E-state index contributed by atoms with van der Waals surface area (Å²) in [5.74, 6) is -0.0591. The van der Waals surface area contributed by atoms with Gasteiger partial charge in [-0.15, -0.1) is 5.10 Å². The molecule has 1 aliphatic heterocycles. The zero-order chi connectivity index (χ0) is 13.2. The number of rotatable bonds is 2. The molecule has 0 aromatic rings. The molecule has 6 nitrogen and oxygen atoms in total. The fourth-order valence-corrected chi connectivity index (χ4v) is 1.45. The molecule has 1 amide bonds. The first-order valence-electron chi connectivity index (χ1n) is 5.05. The Morgan fingerprint density at radius 1 is 1.53 bits per heavy atom. The SMILES string of the molecule is CNC(=O)C1=C(C)C(C)(C)OC1=NNC(N)=S. The van der Waals surface area contributed by atoms with Gasteiger partial charge in [0.15, 0.2) is 5.11 Å². The summed E-state index contributed by atoms with van der Waals surface area (Å²) in [5, 5.41) is 6.44. The van der Waals surface area contributed by atoms with Crippen molar-refractivity contribution in [2.75, 3.05) is 7.05 Å². The lowest BCUT2D eigenvalue weighted by atomic mass is 9.97. The number of nitrogens with zero attached hydrogens (tertiary/aromatic N) is 1. The van der Waals surface area contributed by atoms with E-state index >= 15 is 0 Å². The van der Waals surface area contributed by atoms with E-state index in [9.17, 15) is 4.79 Å². The number of amides is 1. The predicted octanol–water partition coefficient (Wildman–Crippen LogP) is 0.00440. The molecule has 1 rings (SSSR count). The summed E-state index contributed by atoms with van der Waals surface area (Å²) in [6.45, 7) is 5.54. The molecule has 0 aromatic heterocycles. The molecule has 0 radical (unpaired) electrons. The van der Waals surface area contributed by atoms with Crippen LogP contribution in [0.15, 0.2) is 16.2 Å². The number of hydrogen-bond donors (Lipinski definition) is 3. The van der Waals surface area contributed by atoms with Crippen molar-refractivity contribution in [1.82, 2.24) is 10.7 Å². The van der Waals surface area contributed by atoms with Crippen molar-refractivity contribution in [1.29, 1.82) is 0 Å². The summed E-state index contributed by atoms with van der Waals surface area (Å²) in [4.78, 5) is 11.7. The second-order valence-electron chi connectivity index (χ2n) is 4.08. The van der Waals surface area contributed by atoms with Crippen LogP contribution in [0.4, 0.5) is 0 Å². The van der Waals surface area contributed by atoms with Gasteiger partial charge in [0.1, 0.15) is 11.2 Å². The van der Waals surface area contributed by atoms with Crippen molar-refractivity contribution < 1.29 is 9.53 Å². The third kappa shape index (κ3) is 2.73. The molecule has 0 fully saturated rings. The number of nitrogens with two attached hydrogens (primary N) is 1. The first kappa shape index (κ1) is 13.4. The van der Waals surface area contributed by atoms with E-state index in [0.717, 1.165) is 5.57 Å². The average molecular weight is 256 g/mol. The third-order valence-corrected chi connectivity index (χ3v) is 2.66. The highest BCUT2D eigenvalue weighted by atomic mass is 32.1. The zero-order valence-corrected chi connectivity index (χ0v) is 11.1. The van der Waals surface area contributed by atoms with Crippen LogP contribution in [0, 0.1) is 0 Å². The van der Waals surface area contributed by atoms with Crippen molar-refractivity contribution in [3.05, 3.63) is 11.1 Å². The van der Waals surface area contributed by atoms with Gasteiger partial charge in [0.2, 0.25) is 5.90 Å². The van der Waals surface area contributed by atoms with Crippen molar-refractivity contribution >= 4 is 29.1 Å².